The minimum atomic E-state index is -3.08. The largest absolute Gasteiger partial charge is 0.464 e. The molecule has 1 heterocycles. The normalized spacial score (nSPS) is 11.9. The van der Waals surface area contributed by atoms with Crippen LogP contribution in [-0.4, -0.2) is 24.9 Å². The van der Waals surface area contributed by atoms with Crippen molar-refractivity contribution in [1.29, 1.82) is 0 Å². The van der Waals surface area contributed by atoms with Crippen LogP contribution in [0.3, 0.4) is 0 Å². The van der Waals surface area contributed by atoms with Crippen LogP contribution in [0.15, 0.2) is 22.8 Å². The van der Waals surface area contributed by atoms with Crippen molar-refractivity contribution in [3.8, 4) is 0 Å². The Balaban J connectivity index is 2.10. The van der Waals surface area contributed by atoms with Crippen LogP contribution >= 0.6 is 0 Å². The van der Waals surface area contributed by atoms with Crippen LogP contribution in [0.1, 0.15) is 16.7 Å². The zero-order valence-electron chi connectivity index (χ0n) is 12.0. The van der Waals surface area contributed by atoms with Crippen molar-refractivity contribution in [3.63, 3.8) is 0 Å². The second kappa shape index (κ2) is 5.81. The number of hydrogen-bond donors (Lipinski definition) is 2. The minimum Gasteiger partial charge on any atom is -0.464 e. The first-order valence-corrected chi connectivity index (χ1v) is 6.65. The number of carbonyl (C=O) groups excluding carboxylic acids is 1. The Morgan fingerprint density at radius 3 is 2.76 bits per heavy atom. The maximum absolute atomic E-state index is 13.0. The summed E-state index contributed by atoms with van der Waals surface area (Å²) in [5.74, 6) is -3.56. The summed E-state index contributed by atoms with van der Waals surface area (Å²) >= 11 is 0. The number of halogens is 2. The van der Waals surface area contributed by atoms with Gasteiger partial charge in [-0.15, -0.1) is 0 Å². The quantitative estimate of drug-likeness (QED) is 0.889. The van der Waals surface area contributed by atoms with E-state index in [9.17, 15) is 13.6 Å². The number of nitrogens with two attached hydrogens (primary N) is 1. The average Bonchev–Trinajstić information content (AvgIpc) is 2.85. The molecule has 0 atom stereocenters. The Labute approximate surface area is 121 Å². The van der Waals surface area contributed by atoms with E-state index in [1.807, 2.05) is 26.0 Å². The monoisotopic (exact) mass is 296 g/mol. The van der Waals surface area contributed by atoms with Crippen molar-refractivity contribution in [2.45, 2.75) is 26.2 Å². The number of carbonyl (C=O) groups is 1. The standard InChI is InChI=1S/C15H18F2N2O2/c1-9-3-4-12-11(6-21-14(12)10(9)2)5-13(20)19-8-15(16,17)7-18/h3-4,6H,5,7-8,18H2,1-2H3,(H,19,20). The third kappa shape index (κ3) is 3.39. The Morgan fingerprint density at radius 2 is 2.10 bits per heavy atom. The lowest BCUT2D eigenvalue weighted by Crippen LogP contribution is -2.42. The van der Waals surface area contributed by atoms with E-state index in [0.717, 1.165) is 22.1 Å². The first-order valence-electron chi connectivity index (χ1n) is 6.65. The highest BCUT2D eigenvalue weighted by Gasteiger charge is 2.27. The highest BCUT2D eigenvalue weighted by molar-refractivity contribution is 5.89. The van der Waals surface area contributed by atoms with Crippen LogP contribution in [0.25, 0.3) is 11.0 Å². The molecule has 0 spiro atoms. The molecule has 0 aliphatic heterocycles. The SMILES string of the molecule is Cc1ccc2c(CC(=O)NCC(F)(F)CN)coc2c1C. The number of rotatable bonds is 5. The van der Waals surface area contributed by atoms with Gasteiger partial charge in [0.1, 0.15) is 5.58 Å². The number of furan rings is 1. The molecule has 0 bridgehead atoms. The number of hydrogen-bond acceptors (Lipinski definition) is 3. The molecule has 0 aliphatic carbocycles. The van der Waals surface area contributed by atoms with E-state index < -0.39 is 24.9 Å². The molecule has 4 nitrogen and oxygen atoms in total. The van der Waals surface area contributed by atoms with Gasteiger partial charge in [0.25, 0.3) is 5.92 Å². The Morgan fingerprint density at radius 1 is 1.38 bits per heavy atom. The number of fused-ring (bicyclic) bond motifs is 1. The van der Waals surface area contributed by atoms with Crippen LogP contribution < -0.4 is 11.1 Å². The van der Waals surface area contributed by atoms with Crippen molar-refractivity contribution in [1.82, 2.24) is 5.32 Å². The summed E-state index contributed by atoms with van der Waals surface area (Å²) < 4.78 is 31.4. The number of alkyl halides is 2. The van der Waals surface area contributed by atoms with E-state index in [2.05, 4.69) is 5.32 Å². The Kier molecular flexibility index (Phi) is 4.27. The molecule has 1 aromatic heterocycles. The van der Waals surface area contributed by atoms with Gasteiger partial charge in [0.15, 0.2) is 0 Å². The number of amides is 1. The van der Waals surface area contributed by atoms with Gasteiger partial charge in [-0.3, -0.25) is 4.79 Å². The fourth-order valence-corrected chi connectivity index (χ4v) is 2.06. The summed E-state index contributed by atoms with van der Waals surface area (Å²) in [5.41, 5.74) is 8.43. The molecule has 3 N–H and O–H groups in total. The molecule has 0 radical (unpaired) electrons. The molecule has 1 amide bonds. The summed E-state index contributed by atoms with van der Waals surface area (Å²) in [6.07, 6.45) is 1.49. The molecule has 6 heteroatoms. The van der Waals surface area contributed by atoms with Crippen molar-refractivity contribution in [3.05, 3.63) is 35.1 Å². The van der Waals surface area contributed by atoms with Gasteiger partial charge >= 0.3 is 0 Å². The third-order valence-corrected chi connectivity index (χ3v) is 3.54. The number of benzene rings is 1. The minimum absolute atomic E-state index is 0.00382. The van der Waals surface area contributed by atoms with Gasteiger partial charge in [-0.05, 0) is 25.0 Å². The molecule has 1 aromatic carbocycles. The predicted octanol–water partition coefficient (Wildman–Crippen LogP) is 2.30. The molecular formula is C15H18F2N2O2. The van der Waals surface area contributed by atoms with Crippen molar-refractivity contribution in [2.75, 3.05) is 13.1 Å². The molecule has 0 saturated heterocycles. The van der Waals surface area contributed by atoms with Crippen molar-refractivity contribution < 1.29 is 18.0 Å². The van der Waals surface area contributed by atoms with Gasteiger partial charge in [-0.2, -0.15) is 0 Å². The van der Waals surface area contributed by atoms with Gasteiger partial charge in [0.05, 0.1) is 25.8 Å². The van der Waals surface area contributed by atoms with Crippen molar-refractivity contribution >= 4 is 16.9 Å². The van der Waals surface area contributed by atoms with E-state index in [-0.39, 0.29) is 6.42 Å². The molecular weight excluding hydrogens is 278 g/mol. The molecule has 2 rings (SSSR count). The zero-order valence-corrected chi connectivity index (χ0v) is 12.0. The lowest BCUT2D eigenvalue weighted by atomic mass is 10.0. The third-order valence-electron chi connectivity index (χ3n) is 3.54. The highest BCUT2D eigenvalue weighted by atomic mass is 19.3. The van der Waals surface area contributed by atoms with Gasteiger partial charge in [-0.25, -0.2) is 8.78 Å². The van der Waals surface area contributed by atoms with E-state index in [0.29, 0.717) is 5.56 Å². The van der Waals surface area contributed by atoms with E-state index in [1.165, 1.54) is 6.26 Å². The lowest BCUT2D eigenvalue weighted by Gasteiger charge is -2.14. The highest BCUT2D eigenvalue weighted by Crippen LogP contribution is 2.26. The predicted molar refractivity (Wildman–Crippen MR) is 76.4 cm³/mol. The first kappa shape index (κ1) is 15.4. The van der Waals surface area contributed by atoms with E-state index in [1.54, 1.807) is 0 Å². The van der Waals surface area contributed by atoms with Crippen LogP contribution in [0.4, 0.5) is 8.78 Å². The van der Waals surface area contributed by atoms with Gasteiger partial charge in [0, 0.05) is 10.9 Å². The summed E-state index contributed by atoms with van der Waals surface area (Å²) in [7, 11) is 0. The summed E-state index contributed by atoms with van der Waals surface area (Å²) in [5, 5.41) is 3.02. The maximum Gasteiger partial charge on any atom is 0.277 e. The molecule has 21 heavy (non-hydrogen) atoms. The first-order chi connectivity index (χ1) is 9.84. The topological polar surface area (TPSA) is 68.3 Å². The smallest absolute Gasteiger partial charge is 0.277 e. The van der Waals surface area contributed by atoms with E-state index >= 15 is 0 Å². The number of aryl methyl sites for hydroxylation is 2. The van der Waals surface area contributed by atoms with Crippen LogP contribution in [0.2, 0.25) is 0 Å². The van der Waals surface area contributed by atoms with Gasteiger partial charge in [-0.1, -0.05) is 12.1 Å². The number of nitrogens with one attached hydrogen (secondary N) is 1. The molecule has 0 unspecified atom stereocenters. The fourth-order valence-electron chi connectivity index (χ4n) is 2.06. The van der Waals surface area contributed by atoms with Crippen LogP contribution in [0, 0.1) is 13.8 Å². The van der Waals surface area contributed by atoms with Crippen molar-refractivity contribution in [2.24, 2.45) is 5.73 Å². The van der Waals surface area contributed by atoms with Gasteiger partial charge < -0.3 is 15.5 Å². The molecule has 0 fully saturated rings. The molecule has 0 aliphatic rings. The molecule has 114 valence electrons. The summed E-state index contributed by atoms with van der Waals surface area (Å²) in [6.45, 7) is 2.36. The fraction of sp³-hybridized carbons (Fsp3) is 0.400. The maximum atomic E-state index is 13.0. The summed E-state index contributed by atoms with van der Waals surface area (Å²) in [6, 6.07) is 3.81. The van der Waals surface area contributed by atoms with Crippen LogP contribution in [0.5, 0.6) is 0 Å². The Bertz CT molecular complexity index is 665. The lowest BCUT2D eigenvalue weighted by molar-refractivity contribution is -0.122. The second-order valence-electron chi connectivity index (χ2n) is 5.16. The molecule has 2 aromatic rings. The summed E-state index contributed by atoms with van der Waals surface area (Å²) in [4.78, 5) is 11.7. The molecule has 0 saturated carbocycles. The zero-order chi connectivity index (χ0) is 15.6. The Hall–Kier alpha value is -1.95. The van der Waals surface area contributed by atoms with E-state index in [4.69, 9.17) is 10.2 Å². The van der Waals surface area contributed by atoms with Crippen LogP contribution in [-0.2, 0) is 11.2 Å². The average molecular weight is 296 g/mol. The second-order valence-corrected chi connectivity index (χ2v) is 5.16. The van der Waals surface area contributed by atoms with Gasteiger partial charge in [0.2, 0.25) is 5.91 Å².